The van der Waals surface area contributed by atoms with E-state index in [4.69, 9.17) is 0 Å². The molecule has 0 saturated carbocycles. The topological polar surface area (TPSA) is 0 Å². The lowest BCUT2D eigenvalue weighted by atomic mass is 9.90. The fraction of sp³-hybridized carbons (Fsp3) is 1.00. The molecule has 0 nitrogen and oxygen atoms in total. The maximum absolute atomic E-state index is 2.34. The predicted molar refractivity (Wildman–Crippen MR) is 141 cm³/mol. The SMILES string of the molecule is CCCCCCCCCCCCCCCCCCC(CCCCC)CCCCCC. The van der Waals surface area contributed by atoms with E-state index in [1.807, 2.05) is 0 Å². The Balaban J connectivity index is 3.40. The van der Waals surface area contributed by atoms with E-state index in [1.54, 1.807) is 0 Å². The van der Waals surface area contributed by atoms with E-state index in [-0.39, 0.29) is 0 Å². The molecule has 0 aliphatic rings. The zero-order valence-electron chi connectivity index (χ0n) is 22.0. The molecule has 0 rings (SSSR count). The van der Waals surface area contributed by atoms with E-state index in [2.05, 4.69) is 20.8 Å². The minimum Gasteiger partial charge on any atom is -0.0654 e. The number of unbranched alkanes of at least 4 members (excludes halogenated alkanes) is 20. The molecule has 0 N–H and O–H groups in total. The second-order valence-electron chi connectivity index (χ2n) is 10.3. The summed E-state index contributed by atoms with van der Waals surface area (Å²) in [5.41, 5.74) is 0. The van der Waals surface area contributed by atoms with Crippen molar-refractivity contribution in [3.8, 4) is 0 Å². The average Bonchev–Trinajstić information content (AvgIpc) is 2.76. The van der Waals surface area contributed by atoms with Crippen molar-refractivity contribution in [2.45, 2.75) is 188 Å². The van der Waals surface area contributed by atoms with Crippen LogP contribution in [0.1, 0.15) is 188 Å². The Labute approximate surface area is 193 Å². The van der Waals surface area contributed by atoms with Gasteiger partial charge >= 0.3 is 0 Å². The molecule has 0 saturated heterocycles. The summed E-state index contributed by atoms with van der Waals surface area (Å²) in [6, 6.07) is 0. The van der Waals surface area contributed by atoms with Gasteiger partial charge in [0.25, 0.3) is 0 Å². The number of rotatable bonds is 26. The predicted octanol–water partition coefficient (Wildman–Crippen LogP) is 11.8. The van der Waals surface area contributed by atoms with Gasteiger partial charge in [-0.2, -0.15) is 0 Å². The lowest BCUT2D eigenvalue weighted by Crippen LogP contribution is -2.01. The molecule has 0 bridgehead atoms. The third-order valence-electron chi connectivity index (χ3n) is 7.15. The average molecular weight is 423 g/mol. The van der Waals surface area contributed by atoms with Crippen molar-refractivity contribution in [3.05, 3.63) is 0 Å². The van der Waals surface area contributed by atoms with Crippen LogP contribution in [0.2, 0.25) is 0 Å². The van der Waals surface area contributed by atoms with Crippen LogP contribution in [0.3, 0.4) is 0 Å². The summed E-state index contributed by atoms with van der Waals surface area (Å²) < 4.78 is 0. The van der Waals surface area contributed by atoms with Crippen LogP contribution in [0.25, 0.3) is 0 Å². The first-order valence-corrected chi connectivity index (χ1v) is 14.8. The summed E-state index contributed by atoms with van der Waals surface area (Å²) in [4.78, 5) is 0. The van der Waals surface area contributed by atoms with Gasteiger partial charge in [-0.15, -0.1) is 0 Å². The molecule has 0 spiro atoms. The van der Waals surface area contributed by atoms with Crippen LogP contribution in [0, 0.1) is 5.92 Å². The van der Waals surface area contributed by atoms with Crippen molar-refractivity contribution in [1.29, 1.82) is 0 Å². The van der Waals surface area contributed by atoms with Gasteiger partial charge in [0, 0.05) is 0 Å². The number of hydrogen-bond acceptors (Lipinski definition) is 0. The summed E-state index contributed by atoms with van der Waals surface area (Å²) in [6.45, 7) is 6.97. The zero-order chi connectivity index (χ0) is 22.0. The molecule has 30 heavy (non-hydrogen) atoms. The number of hydrogen-bond donors (Lipinski definition) is 0. The minimum atomic E-state index is 1.04. The van der Waals surface area contributed by atoms with Crippen LogP contribution >= 0.6 is 0 Å². The van der Waals surface area contributed by atoms with Crippen molar-refractivity contribution in [2.75, 3.05) is 0 Å². The van der Waals surface area contributed by atoms with Gasteiger partial charge in [0.1, 0.15) is 0 Å². The first-order valence-electron chi connectivity index (χ1n) is 14.8. The van der Waals surface area contributed by atoms with Gasteiger partial charge < -0.3 is 0 Å². The quantitative estimate of drug-likeness (QED) is 0.122. The molecule has 1 unspecified atom stereocenters. The Hall–Kier alpha value is 0. The maximum Gasteiger partial charge on any atom is -0.0414 e. The van der Waals surface area contributed by atoms with Crippen LogP contribution in [0.5, 0.6) is 0 Å². The Kier molecular flexibility index (Phi) is 27.0. The lowest BCUT2D eigenvalue weighted by molar-refractivity contribution is 0.368. The van der Waals surface area contributed by atoms with Crippen LogP contribution in [-0.2, 0) is 0 Å². The second-order valence-corrected chi connectivity index (χ2v) is 10.3. The molecular formula is C30H62. The van der Waals surface area contributed by atoms with Gasteiger partial charge in [-0.25, -0.2) is 0 Å². The highest BCUT2D eigenvalue weighted by Gasteiger charge is 2.08. The largest absolute Gasteiger partial charge is 0.0654 e. The molecule has 0 radical (unpaired) electrons. The lowest BCUT2D eigenvalue weighted by Gasteiger charge is -2.16. The standard InChI is InChI=1S/C30H62/c1-4-7-10-12-13-14-15-16-17-18-19-20-21-22-23-26-29-30(27-24-9-6-3)28-25-11-8-5-2/h30H,4-29H2,1-3H3. The third-order valence-corrected chi connectivity index (χ3v) is 7.15. The van der Waals surface area contributed by atoms with E-state index in [9.17, 15) is 0 Å². The summed E-state index contributed by atoms with van der Waals surface area (Å²) in [5.74, 6) is 1.04. The molecule has 0 amide bonds. The highest BCUT2D eigenvalue weighted by Crippen LogP contribution is 2.24. The van der Waals surface area contributed by atoms with Crippen molar-refractivity contribution in [1.82, 2.24) is 0 Å². The van der Waals surface area contributed by atoms with E-state index in [0.29, 0.717) is 0 Å². The van der Waals surface area contributed by atoms with Crippen LogP contribution in [0.15, 0.2) is 0 Å². The fourth-order valence-corrected chi connectivity index (χ4v) is 4.96. The van der Waals surface area contributed by atoms with Crippen molar-refractivity contribution in [3.63, 3.8) is 0 Å². The molecule has 0 aliphatic heterocycles. The van der Waals surface area contributed by atoms with Crippen molar-refractivity contribution >= 4 is 0 Å². The molecule has 0 aromatic heterocycles. The van der Waals surface area contributed by atoms with Gasteiger partial charge in [0.05, 0.1) is 0 Å². The van der Waals surface area contributed by atoms with E-state index in [0.717, 1.165) is 5.92 Å². The fourth-order valence-electron chi connectivity index (χ4n) is 4.96. The summed E-state index contributed by atoms with van der Waals surface area (Å²) in [6.07, 6.45) is 38.3. The Morgan fingerprint density at radius 3 is 0.800 bits per heavy atom. The Morgan fingerprint density at radius 2 is 0.467 bits per heavy atom. The normalized spacial score (nSPS) is 12.5. The molecule has 0 aromatic carbocycles. The van der Waals surface area contributed by atoms with E-state index < -0.39 is 0 Å². The highest BCUT2D eigenvalue weighted by molar-refractivity contribution is 4.61. The second kappa shape index (κ2) is 27.0. The molecule has 0 fully saturated rings. The summed E-state index contributed by atoms with van der Waals surface area (Å²) in [5, 5.41) is 0. The zero-order valence-corrected chi connectivity index (χ0v) is 22.0. The molecule has 1 atom stereocenters. The van der Waals surface area contributed by atoms with Crippen LogP contribution in [-0.4, -0.2) is 0 Å². The maximum atomic E-state index is 2.34. The molecule has 0 heterocycles. The van der Waals surface area contributed by atoms with E-state index >= 15 is 0 Å². The minimum absolute atomic E-state index is 1.04. The Bertz CT molecular complexity index is 282. The van der Waals surface area contributed by atoms with Crippen LogP contribution < -0.4 is 0 Å². The third kappa shape index (κ3) is 24.3. The summed E-state index contributed by atoms with van der Waals surface area (Å²) >= 11 is 0. The molecule has 0 aromatic rings. The smallest absolute Gasteiger partial charge is 0.0414 e. The first kappa shape index (κ1) is 30.0. The van der Waals surface area contributed by atoms with E-state index in [1.165, 1.54) is 167 Å². The van der Waals surface area contributed by atoms with Gasteiger partial charge in [-0.05, 0) is 5.92 Å². The summed E-state index contributed by atoms with van der Waals surface area (Å²) in [7, 11) is 0. The van der Waals surface area contributed by atoms with Crippen molar-refractivity contribution in [2.24, 2.45) is 5.92 Å². The molecule has 0 heteroatoms. The van der Waals surface area contributed by atoms with Gasteiger partial charge in [0.2, 0.25) is 0 Å². The van der Waals surface area contributed by atoms with Crippen molar-refractivity contribution < 1.29 is 0 Å². The van der Waals surface area contributed by atoms with Gasteiger partial charge in [0.15, 0.2) is 0 Å². The molecule has 0 aliphatic carbocycles. The van der Waals surface area contributed by atoms with Crippen LogP contribution in [0.4, 0.5) is 0 Å². The first-order chi connectivity index (χ1) is 14.8. The Morgan fingerprint density at radius 1 is 0.267 bits per heavy atom. The monoisotopic (exact) mass is 422 g/mol. The highest BCUT2D eigenvalue weighted by atomic mass is 14.1. The molecule has 182 valence electrons. The van der Waals surface area contributed by atoms with Gasteiger partial charge in [-0.3, -0.25) is 0 Å². The molecular weight excluding hydrogens is 360 g/mol. The van der Waals surface area contributed by atoms with Gasteiger partial charge in [-0.1, -0.05) is 188 Å².